The molecular formula is C16H29ClN4. The molecule has 0 spiro atoms. The molecule has 1 aliphatic carbocycles. The Labute approximate surface area is 133 Å². The molecule has 120 valence electrons. The standard InChI is InChI=1S/C16H29ClN4/c1-4-5-12-6-8-13(9-7-12)15(20-18)16-14(17)10-19-21(16)11(2)3/h10-13,15,20H,4-9,18H2,1-3H3. The van der Waals surface area contributed by atoms with Crippen LogP contribution in [0, 0.1) is 11.8 Å². The fourth-order valence-corrected chi connectivity index (χ4v) is 3.96. The van der Waals surface area contributed by atoms with Crippen molar-refractivity contribution in [2.75, 3.05) is 0 Å². The van der Waals surface area contributed by atoms with Crippen molar-refractivity contribution in [1.29, 1.82) is 0 Å². The van der Waals surface area contributed by atoms with Gasteiger partial charge >= 0.3 is 0 Å². The van der Waals surface area contributed by atoms with Crippen LogP contribution in [-0.2, 0) is 0 Å². The highest BCUT2D eigenvalue weighted by Gasteiger charge is 2.31. The van der Waals surface area contributed by atoms with Gasteiger partial charge in [-0.25, -0.2) is 0 Å². The zero-order chi connectivity index (χ0) is 15.4. The number of nitrogens with zero attached hydrogens (tertiary/aromatic N) is 2. The van der Waals surface area contributed by atoms with Crippen molar-refractivity contribution in [2.24, 2.45) is 17.7 Å². The van der Waals surface area contributed by atoms with Crippen LogP contribution in [-0.4, -0.2) is 9.78 Å². The molecule has 0 bridgehead atoms. The van der Waals surface area contributed by atoms with Crippen molar-refractivity contribution >= 4 is 11.6 Å². The number of hydrogen-bond acceptors (Lipinski definition) is 3. The first-order valence-electron chi connectivity index (χ1n) is 8.27. The van der Waals surface area contributed by atoms with Crippen molar-refractivity contribution in [3.8, 4) is 0 Å². The summed E-state index contributed by atoms with van der Waals surface area (Å²) in [5.41, 5.74) is 4.06. The molecule has 1 fully saturated rings. The number of nitrogens with one attached hydrogen (secondary N) is 1. The van der Waals surface area contributed by atoms with Crippen molar-refractivity contribution in [3.05, 3.63) is 16.9 Å². The van der Waals surface area contributed by atoms with E-state index in [4.69, 9.17) is 17.4 Å². The third kappa shape index (κ3) is 3.79. The minimum absolute atomic E-state index is 0.102. The van der Waals surface area contributed by atoms with Crippen LogP contribution in [0.25, 0.3) is 0 Å². The van der Waals surface area contributed by atoms with E-state index in [1.165, 1.54) is 38.5 Å². The molecule has 0 amide bonds. The second-order valence-electron chi connectivity index (χ2n) is 6.63. The van der Waals surface area contributed by atoms with E-state index in [0.29, 0.717) is 12.0 Å². The fraction of sp³-hybridized carbons (Fsp3) is 0.812. The maximum Gasteiger partial charge on any atom is 0.0834 e. The molecule has 1 aromatic rings. The first-order chi connectivity index (χ1) is 10.1. The summed E-state index contributed by atoms with van der Waals surface area (Å²) in [4.78, 5) is 0. The maximum atomic E-state index is 6.38. The number of aromatic nitrogens is 2. The molecule has 0 aliphatic heterocycles. The summed E-state index contributed by atoms with van der Waals surface area (Å²) in [7, 11) is 0. The number of hydrogen-bond donors (Lipinski definition) is 2. The summed E-state index contributed by atoms with van der Waals surface area (Å²) in [6.07, 6.45) is 9.45. The van der Waals surface area contributed by atoms with Gasteiger partial charge in [-0.3, -0.25) is 16.0 Å². The summed E-state index contributed by atoms with van der Waals surface area (Å²) >= 11 is 6.38. The first kappa shape index (κ1) is 16.8. The molecule has 4 nitrogen and oxygen atoms in total. The molecule has 0 aromatic carbocycles. The van der Waals surface area contributed by atoms with E-state index in [1.807, 2.05) is 4.68 Å². The quantitative estimate of drug-likeness (QED) is 0.610. The molecule has 1 saturated carbocycles. The predicted molar refractivity (Wildman–Crippen MR) is 88.0 cm³/mol. The van der Waals surface area contributed by atoms with Crippen LogP contribution < -0.4 is 11.3 Å². The van der Waals surface area contributed by atoms with Gasteiger partial charge < -0.3 is 0 Å². The monoisotopic (exact) mass is 312 g/mol. The number of rotatable bonds is 6. The molecule has 21 heavy (non-hydrogen) atoms. The Morgan fingerprint density at radius 2 is 2.05 bits per heavy atom. The number of hydrazine groups is 1. The number of halogens is 1. The Bertz CT molecular complexity index is 435. The van der Waals surface area contributed by atoms with E-state index in [-0.39, 0.29) is 6.04 Å². The van der Waals surface area contributed by atoms with E-state index >= 15 is 0 Å². The zero-order valence-electron chi connectivity index (χ0n) is 13.5. The molecule has 1 heterocycles. The molecule has 1 aliphatic rings. The Kier molecular flexibility index (Phi) is 6.08. The van der Waals surface area contributed by atoms with Crippen LogP contribution in [0.1, 0.15) is 77.1 Å². The molecule has 5 heteroatoms. The van der Waals surface area contributed by atoms with Gasteiger partial charge in [0, 0.05) is 6.04 Å². The van der Waals surface area contributed by atoms with Crippen LogP contribution in [0.3, 0.4) is 0 Å². The van der Waals surface area contributed by atoms with Crippen LogP contribution in [0.5, 0.6) is 0 Å². The lowest BCUT2D eigenvalue weighted by Crippen LogP contribution is -2.37. The lowest BCUT2D eigenvalue weighted by Gasteiger charge is -2.34. The van der Waals surface area contributed by atoms with Gasteiger partial charge in [-0.05, 0) is 38.5 Å². The SMILES string of the molecule is CCCC1CCC(C(NN)c2c(Cl)cnn2C(C)C)CC1. The fourth-order valence-electron chi connectivity index (χ4n) is 3.71. The van der Waals surface area contributed by atoms with E-state index in [1.54, 1.807) is 6.20 Å². The van der Waals surface area contributed by atoms with Gasteiger partial charge in [0.05, 0.1) is 23.0 Å². The Hall–Kier alpha value is -0.580. The summed E-state index contributed by atoms with van der Waals surface area (Å²) in [6.45, 7) is 6.52. The normalized spacial score (nSPS) is 24.5. The molecule has 1 atom stereocenters. The van der Waals surface area contributed by atoms with Gasteiger partial charge in [0.2, 0.25) is 0 Å². The highest BCUT2D eigenvalue weighted by atomic mass is 35.5. The summed E-state index contributed by atoms with van der Waals surface area (Å²) in [5, 5.41) is 5.14. The minimum atomic E-state index is 0.102. The van der Waals surface area contributed by atoms with Crippen LogP contribution in [0.15, 0.2) is 6.20 Å². The molecule has 0 saturated heterocycles. The molecule has 2 rings (SSSR count). The van der Waals surface area contributed by atoms with E-state index in [2.05, 4.69) is 31.3 Å². The van der Waals surface area contributed by atoms with Crippen LogP contribution in [0.2, 0.25) is 5.02 Å². The minimum Gasteiger partial charge on any atom is -0.271 e. The average molecular weight is 313 g/mol. The van der Waals surface area contributed by atoms with Crippen molar-refractivity contribution in [2.45, 2.75) is 71.4 Å². The van der Waals surface area contributed by atoms with Gasteiger partial charge in [-0.2, -0.15) is 5.10 Å². The Balaban J connectivity index is 2.12. The third-order valence-electron chi connectivity index (χ3n) is 4.81. The van der Waals surface area contributed by atoms with Gasteiger partial charge in [0.1, 0.15) is 0 Å². The lowest BCUT2D eigenvalue weighted by atomic mass is 9.76. The zero-order valence-corrected chi connectivity index (χ0v) is 14.2. The van der Waals surface area contributed by atoms with Gasteiger partial charge in [-0.15, -0.1) is 0 Å². The van der Waals surface area contributed by atoms with Gasteiger partial charge in [0.15, 0.2) is 0 Å². The maximum absolute atomic E-state index is 6.38. The van der Waals surface area contributed by atoms with Gasteiger partial charge in [-0.1, -0.05) is 44.2 Å². The smallest absolute Gasteiger partial charge is 0.0834 e. The van der Waals surface area contributed by atoms with Crippen LogP contribution in [0.4, 0.5) is 0 Å². The van der Waals surface area contributed by atoms with E-state index < -0.39 is 0 Å². The summed E-state index contributed by atoms with van der Waals surface area (Å²) in [5.74, 6) is 7.33. The third-order valence-corrected chi connectivity index (χ3v) is 5.10. The van der Waals surface area contributed by atoms with Gasteiger partial charge in [0.25, 0.3) is 0 Å². The lowest BCUT2D eigenvalue weighted by molar-refractivity contribution is 0.208. The summed E-state index contributed by atoms with van der Waals surface area (Å²) in [6, 6.07) is 0.393. The van der Waals surface area contributed by atoms with E-state index in [9.17, 15) is 0 Å². The average Bonchev–Trinajstić information content (AvgIpc) is 2.84. The number of nitrogens with two attached hydrogens (primary N) is 1. The second-order valence-corrected chi connectivity index (χ2v) is 7.04. The largest absolute Gasteiger partial charge is 0.271 e. The van der Waals surface area contributed by atoms with E-state index in [0.717, 1.165) is 16.6 Å². The predicted octanol–water partition coefficient (Wildman–Crippen LogP) is 4.23. The molecule has 3 N–H and O–H groups in total. The molecule has 1 aromatic heterocycles. The molecule has 0 radical (unpaired) electrons. The van der Waals surface area contributed by atoms with Crippen molar-refractivity contribution in [3.63, 3.8) is 0 Å². The topological polar surface area (TPSA) is 55.9 Å². The first-order valence-corrected chi connectivity index (χ1v) is 8.65. The highest BCUT2D eigenvalue weighted by Crippen LogP contribution is 2.40. The summed E-state index contributed by atoms with van der Waals surface area (Å²) < 4.78 is 2.00. The highest BCUT2D eigenvalue weighted by molar-refractivity contribution is 6.31. The Morgan fingerprint density at radius 3 is 2.57 bits per heavy atom. The molecular weight excluding hydrogens is 284 g/mol. The molecule has 1 unspecified atom stereocenters. The van der Waals surface area contributed by atoms with Crippen molar-refractivity contribution in [1.82, 2.24) is 15.2 Å². The Morgan fingerprint density at radius 1 is 1.38 bits per heavy atom. The second kappa shape index (κ2) is 7.61. The van der Waals surface area contributed by atoms with Crippen LogP contribution >= 0.6 is 11.6 Å². The van der Waals surface area contributed by atoms with Crippen molar-refractivity contribution < 1.29 is 0 Å².